The van der Waals surface area contributed by atoms with E-state index < -0.39 is 15.2 Å². The first-order chi connectivity index (χ1) is 8.98. The van der Waals surface area contributed by atoms with E-state index >= 15 is 0 Å². The van der Waals surface area contributed by atoms with Crippen molar-refractivity contribution in [1.82, 2.24) is 6.15 Å². The van der Waals surface area contributed by atoms with Crippen LogP contribution < -0.4 is 6.15 Å². The van der Waals surface area contributed by atoms with E-state index in [1.807, 2.05) is 0 Å². The van der Waals surface area contributed by atoms with E-state index in [-0.39, 0.29) is 12.6 Å². The van der Waals surface area contributed by atoms with Crippen LogP contribution in [0.4, 0.5) is 0 Å². The highest BCUT2D eigenvalue weighted by molar-refractivity contribution is 8.01. The van der Waals surface area contributed by atoms with Crippen molar-refractivity contribution in [3.8, 4) is 0 Å². The average Bonchev–Trinajstić information content (AvgIpc) is 2.34. The quantitative estimate of drug-likeness (QED) is 0.413. The molecule has 0 aromatic rings. The van der Waals surface area contributed by atoms with Crippen molar-refractivity contribution >= 4 is 15.2 Å². The second kappa shape index (κ2) is 13.5. The van der Waals surface area contributed by atoms with Crippen LogP contribution in [0.2, 0.25) is 0 Å². The fourth-order valence-electron chi connectivity index (χ4n) is 2.06. The molecule has 0 aromatic carbocycles. The van der Waals surface area contributed by atoms with Gasteiger partial charge in [-0.05, 0) is 6.42 Å². The third-order valence-electron chi connectivity index (χ3n) is 3.27. The Morgan fingerprint density at radius 2 is 1.15 bits per heavy atom. The Hall–Kier alpha value is -0.460. The molecular formula is C14H31NO4S. The van der Waals surface area contributed by atoms with E-state index in [1.165, 1.54) is 44.9 Å². The van der Waals surface area contributed by atoms with Gasteiger partial charge in [0.2, 0.25) is 0 Å². The number of rotatable bonds is 12. The van der Waals surface area contributed by atoms with Crippen LogP contribution in [-0.4, -0.2) is 18.1 Å². The van der Waals surface area contributed by atoms with Crippen LogP contribution in [0, 0.1) is 0 Å². The summed E-state index contributed by atoms with van der Waals surface area (Å²) in [5.41, 5.74) is 0. The molecule has 122 valence electrons. The summed E-state index contributed by atoms with van der Waals surface area (Å²) in [6, 6.07) is 0. The molecule has 0 saturated carbocycles. The molecule has 0 aliphatic rings. The number of carbonyl (C=O) groups excluding carboxylic acids is 1. The van der Waals surface area contributed by atoms with Gasteiger partial charge < -0.3 is 6.15 Å². The third kappa shape index (κ3) is 14.0. The van der Waals surface area contributed by atoms with Gasteiger partial charge in [-0.15, -0.1) is 0 Å². The summed E-state index contributed by atoms with van der Waals surface area (Å²) in [5.74, 6) is 0. The SMILES string of the molecule is CCCCCCCCCCCCCC(=O)S(=O)(=O)O.N. The number of carbonyl (C=O) groups is 1. The summed E-state index contributed by atoms with van der Waals surface area (Å²) in [6.45, 7) is 2.22. The van der Waals surface area contributed by atoms with Gasteiger partial charge in [-0.3, -0.25) is 9.35 Å². The van der Waals surface area contributed by atoms with Gasteiger partial charge in [0.1, 0.15) is 0 Å². The van der Waals surface area contributed by atoms with Crippen molar-refractivity contribution in [1.29, 1.82) is 0 Å². The van der Waals surface area contributed by atoms with Crippen molar-refractivity contribution in [3.05, 3.63) is 0 Å². The number of unbranched alkanes of at least 4 members (excludes halogenated alkanes) is 10. The Bertz CT molecular complexity index is 328. The molecule has 0 aliphatic carbocycles. The summed E-state index contributed by atoms with van der Waals surface area (Å²) in [7, 11) is -4.45. The van der Waals surface area contributed by atoms with Crippen molar-refractivity contribution < 1.29 is 17.8 Å². The van der Waals surface area contributed by atoms with Crippen LogP contribution >= 0.6 is 0 Å². The fourth-order valence-corrected chi connectivity index (χ4v) is 2.46. The molecule has 0 rings (SSSR count). The standard InChI is InChI=1S/C14H28O4S.H3N/c1-2-3-4-5-6-7-8-9-10-11-12-13-14(15)19(16,17)18;/h2-13H2,1H3,(H,16,17,18);1H3. The Labute approximate surface area is 123 Å². The van der Waals surface area contributed by atoms with Gasteiger partial charge in [0.25, 0.3) is 5.12 Å². The summed E-state index contributed by atoms with van der Waals surface area (Å²) < 4.78 is 29.4. The smallest absolute Gasteiger partial charge is 0.328 e. The number of hydrogen-bond donors (Lipinski definition) is 2. The molecule has 0 amide bonds. The molecule has 0 fully saturated rings. The van der Waals surface area contributed by atoms with Gasteiger partial charge in [-0.2, -0.15) is 8.42 Å². The predicted octanol–water partition coefficient (Wildman–Crippen LogP) is 4.26. The minimum atomic E-state index is -4.45. The van der Waals surface area contributed by atoms with Crippen molar-refractivity contribution in [2.75, 3.05) is 0 Å². The highest BCUT2D eigenvalue weighted by Crippen LogP contribution is 2.12. The molecule has 0 heterocycles. The molecule has 0 atom stereocenters. The van der Waals surface area contributed by atoms with E-state index in [1.54, 1.807) is 0 Å². The van der Waals surface area contributed by atoms with E-state index in [9.17, 15) is 13.2 Å². The zero-order valence-corrected chi connectivity index (χ0v) is 13.6. The maximum atomic E-state index is 10.9. The van der Waals surface area contributed by atoms with Crippen molar-refractivity contribution in [2.45, 2.75) is 84.0 Å². The van der Waals surface area contributed by atoms with Gasteiger partial charge in [0, 0.05) is 6.42 Å². The first kappa shape index (κ1) is 21.8. The highest BCUT2D eigenvalue weighted by atomic mass is 32.2. The Balaban J connectivity index is 0. The Morgan fingerprint density at radius 3 is 1.50 bits per heavy atom. The molecule has 0 radical (unpaired) electrons. The first-order valence-electron chi connectivity index (χ1n) is 7.48. The minimum Gasteiger partial charge on any atom is -0.344 e. The van der Waals surface area contributed by atoms with E-state index in [0.29, 0.717) is 6.42 Å². The van der Waals surface area contributed by atoms with E-state index in [0.717, 1.165) is 19.3 Å². The van der Waals surface area contributed by atoms with Gasteiger partial charge in [-0.25, -0.2) is 0 Å². The fraction of sp³-hybridized carbons (Fsp3) is 0.929. The zero-order chi connectivity index (χ0) is 14.6. The summed E-state index contributed by atoms with van der Waals surface area (Å²) in [5, 5.41) is -1.05. The molecule has 0 saturated heterocycles. The molecule has 20 heavy (non-hydrogen) atoms. The monoisotopic (exact) mass is 309 g/mol. The lowest BCUT2D eigenvalue weighted by Crippen LogP contribution is -2.12. The lowest BCUT2D eigenvalue weighted by molar-refractivity contribution is -0.112. The molecular weight excluding hydrogens is 278 g/mol. The molecule has 0 aliphatic heterocycles. The summed E-state index contributed by atoms with van der Waals surface area (Å²) >= 11 is 0. The summed E-state index contributed by atoms with van der Waals surface area (Å²) in [6.07, 6.45) is 12.6. The lowest BCUT2D eigenvalue weighted by atomic mass is 10.1. The van der Waals surface area contributed by atoms with Crippen LogP contribution in [0.5, 0.6) is 0 Å². The average molecular weight is 309 g/mol. The van der Waals surface area contributed by atoms with Gasteiger partial charge in [0.15, 0.2) is 0 Å². The van der Waals surface area contributed by atoms with Crippen LogP contribution in [0.3, 0.4) is 0 Å². The zero-order valence-electron chi connectivity index (χ0n) is 12.8. The molecule has 0 aromatic heterocycles. The van der Waals surface area contributed by atoms with Crippen LogP contribution in [-0.2, 0) is 14.9 Å². The molecule has 4 N–H and O–H groups in total. The maximum Gasteiger partial charge on any atom is 0.328 e. The number of hydrogen-bond acceptors (Lipinski definition) is 4. The van der Waals surface area contributed by atoms with Crippen LogP contribution in [0.1, 0.15) is 84.0 Å². The van der Waals surface area contributed by atoms with Crippen molar-refractivity contribution in [2.24, 2.45) is 0 Å². The van der Waals surface area contributed by atoms with Gasteiger partial charge in [0.05, 0.1) is 0 Å². The molecule has 0 bridgehead atoms. The largest absolute Gasteiger partial charge is 0.344 e. The maximum absolute atomic E-state index is 10.9. The van der Waals surface area contributed by atoms with E-state index in [2.05, 4.69) is 6.92 Å². The molecule has 6 heteroatoms. The molecule has 5 nitrogen and oxygen atoms in total. The minimum absolute atomic E-state index is 0. The van der Waals surface area contributed by atoms with Gasteiger partial charge >= 0.3 is 10.1 Å². The second-order valence-electron chi connectivity index (χ2n) is 5.13. The van der Waals surface area contributed by atoms with Crippen molar-refractivity contribution in [3.63, 3.8) is 0 Å². The Kier molecular flexibility index (Phi) is 14.8. The van der Waals surface area contributed by atoms with E-state index in [4.69, 9.17) is 4.55 Å². The van der Waals surface area contributed by atoms with Gasteiger partial charge in [-0.1, -0.05) is 71.1 Å². The molecule has 0 spiro atoms. The summed E-state index contributed by atoms with van der Waals surface area (Å²) in [4.78, 5) is 10.9. The first-order valence-corrected chi connectivity index (χ1v) is 8.92. The predicted molar refractivity (Wildman–Crippen MR) is 82.7 cm³/mol. The van der Waals surface area contributed by atoms with Crippen LogP contribution in [0.15, 0.2) is 0 Å². The normalized spacial score (nSPS) is 11.1. The highest BCUT2D eigenvalue weighted by Gasteiger charge is 2.16. The lowest BCUT2D eigenvalue weighted by Gasteiger charge is -2.02. The Morgan fingerprint density at radius 1 is 0.800 bits per heavy atom. The topological polar surface area (TPSA) is 106 Å². The van der Waals surface area contributed by atoms with Crippen LogP contribution in [0.25, 0.3) is 0 Å². The third-order valence-corrected chi connectivity index (χ3v) is 4.05. The molecule has 0 unspecified atom stereocenters. The second-order valence-corrected chi connectivity index (χ2v) is 6.54.